The maximum atomic E-state index is 12.0. The first kappa shape index (κ1) is 16.4. The average Bonchev–Trinajstić information content (AvgIpc) is 2.39. The molecule has 0 aliphatic carbocycles. The molecule has 1 rings (SSSR count). The summed E-state index contributed by atoms with van der Waals surface area (Å²) in [4.78, 5) is 11.8. The lowest BCUT2D eigenvalue weighted by Crippen LogP contribution is -2.28. The van der Waals surface area contributed by atoms with E-state index in [1.165, 1.54) is 26.2 Å². The maximum Gasteiger partial charge on any atom is 0.242 e. The van der Waals surface area contributed by atoms with E-state index in [1.54, 1.807) is 18.2 Å². The van der Waals surface area contributed by atoms with E-state index >= 15 is 0 Å². The predicted octanol–water partition coefficient (Wildman–Crippen LogP) is 0.651. The molecule has 0 saturated heterocycles. The molecular weight excluding hydrogens is 278 g/mol. The number of nitrogens with zero attached hydrogens (tertiary/aromatic N) is 1. The summed E-state index contributed by atoms with van der Waals surface area (Å²) in [6.07, 6.45) is 1.65. The van der Waals surface area contributed by atoms with Crippen molar-refractivity contribution in [3.8, 4) is 0 Å². The van der Waals surface area contributed by atoms with Crippen LogP contribution in [0.1, 0.15) is 0 Å². The SMILES string of the molecule is C=CCNCC(=O)Nc1cccc(S(=O)(=O)N(C)C)c1. The molecule has 110 valence electrons. The molecule has 0 aliphatic heterocycles. The number of anilines is 1. The molecule has 2 N–H and O–H groups in total. The molecule has 0 heterocycles. The van der Waals surface area contributed by atoms with E-state index in [9.17, 15) is 13.2 Å². The maximum absolute atomic E-state index is 12.0. The second-order valence-corrected chi connectivity index (χ2v) is 6.43. The van der Waals surface area contributed by atoms with Gasteiger partial charge in [0.15, 0.2) is 0 Å². The molecule has 0 aromatic heterocycles. The Labute approximate surface area is 119 Å². The molecule has 0 atom stereocenters. The highest BCUT2D eigenvalue weighted by Crippen LogP contribution is 2.17. The third-order valence-corrected chi connectivity index (χ3v) is 4.28. The van der Waals surface area contributed by atoms with Crippen LogP contribution < -0.4 is 10.6 Å². The number of amides is 1. The van der Waals surface area contributed by atoms with Gasteiger partial charge in [0.25, 0.3) is 0 Å². The van der Waals surface area contributed by atoms with E-state index in [1.807, 2.05) is 0 Å². The van der Waals surface area contributed by atoms with Gasteiger partial charge >= 0.3 is 0 Å². The summed E-state index contributed by atoms with van der Waals surface area (Å²) in [5.74, 6) is -0.244. The van der Waals surface area contributed by atoms with Crippen molar-refractivity contribution in [1.29, 1.82) is 0 Å². The zero-order valence-electron chi connectivity index (χ0n) is 11.6. The van der Waals surface area contributed by atoms with Gasteiger partial charge in [0.2, 0.25) is 15.9 Å². The third-order valence-electron chi connectivity index (χ3n) is 2.47. The monoisotopic (exact) mass is 297 g/mol. The summed E-state index contributed by atoms with van der Waals surface area (Å²) < 4.78 is 25.1. The highest BCUT2D eigenvalue weighted by Gasteiger charge is 2.17. The van der Waals surface area contributed by atoms with Crippen molar-refractivity contribution in [1.82, 2.24) is 9.62 Å². The Morgan fingerprint density at radius 2 is 2.10 bits per heavy atom. The number of benzene rings is 1. The Morgan fingerprint density at radius 3 is 2.70 bits per heavy atom. The summed E-state index contributed by atoms with van der Waals surface area (Å²) in [6.45, 7) is 4.20. The van der Waals surface area contributed by atoms with Gasteiger partial charge in [0, 0.05) is 26.3 Å². The second-order valence-electron chi connectivity index (χ2n) is 4.28. The number of hydrogen-bond donors (Lipinski definition) is 2. The number of carbonyl (C=O) groups excluding carboxylic acids is 1. The van der Waals surface area contributed by atoms with Crippen molar-refractivity contribution in [2.75, 3.05) is 32.5 Å². The van der Waals surface area contributed by atoms with Crippen LogP contribution in [0.2, 0.25) is 0 Å². The van der Waals surface area contributed by atoms with Crippen molar-refractivity contribution in [3.05, 3.63) is 36.9 Å². The number of hydrogen-bond acceptors (Lipinski definition) is 4. The molecule has 1 amide bonds. The molecule has 1 aromatic carbocycles. The molecule has 7 heteroatoms. The van der Waals surface area contributed by atoms with Gasteiger partial charge in [-0.05, 0) is 18.2 Å². The fourth-order valence-corrected chi connectivity index (χ4v) is 2.39. The first-order valence-electron chi connectivity index (χ1n) is 6.02. The molecular formula is C13H19N3O3S. The van der Waals surface area contributed by atoms with E-state index in [0.717, 1.165) is 4.31 Å². The van der Waals surface area contributed by atoms with Crippen LogP contribution in [-0.2, 0) is 14.8 Å². The summed E-state index contributed by atoms with van der Waals surface area (Å²) in [7, 11) is -0.587. The smallest absolute Gasteiger partial charge is 0.242 e. The lowest BCUT2D eigenvalue weighted by atomic mass is 10.3. The summed E-state index contributed by atoms with van der Waals surface area (Å²) >= 11 is 0. The van der Waals surface area contributed by atoms with Crippen LogP contribution in [0.4, 0.5) is 5.69 Å². The normalized spacial score (nSPS) is 11.3. The number of rotatable bonds is 7. The van der Waals surface area contributed by atoms with Crippen LogP contribution in [0, 0.1) is 0 Å². The quantitative estimate of drug-likeness (QED) is 0.572. The van der Waals surface area contributed by atoms with Crippen molar-refractivity contribution in [3.63, 3.8) is 0 Å². The molecule has 0 radical (unpaired) electrons. The van der Waals surface area contributed by atoms with Crippen LogP contribution in [0.3, 0.4) is 0 Å². The molecule has 0 saturated carbocycles. The van der Waals surface area contributed by atoms with E-state index in [2.05, 4.69) is 17.2 Å². The summed E-state index contributed by atoms with van der Waals surface area (Å²) in [5.41, 5.74) is 0.443. The lowest BCUT2D eigenvalue weighted by molar-refractivity contribution is -0.115. The number of sulfonamides is 1. The van der Waals surface area contributed by atoms with Gasteiger partial charge in [-0.1, -0.05) is 12.1 Å². The van der Waals surface area contributed by atoms with Crippen LogP contribution in [-0.4, -0.2) is 45.8 Å². The van der Waals surface area contributed by atoms with E-state index in [-0.39, 0.29) is 17.3 Å². The minimum Gasteiger partial charge on any atom is -0.325 e. The van der Waals surface area contributed by atoms with Crippen molar-refractivity contribution in [2.45, 2.75) is 4.90 Å². The molecule has 0 spiro atoms. The fourth-order valence-electron chi connectivity index (χ4n) is 1.44. The van der Waals surface area contributed by atoms with Crippen molar-refractivity contribution < 1.29 is 13.2 Å². The van der Waals surface area contributed by atoms with Gasteiger partial charge in [-0.25, -0.2) is 12.7 Å². The minimum atomic E-state index is -3.50. The van der Waals surface area contributed by atoms with Crippen molar-refractivity contribution >= 4 is 21.6 Å². The van der Waals surface area contributed by atoms with E-state index < -0.39 is 10.0 Å². The topological polar surface area (TPSA) is 78.5 Å². The van der Waals surface area contributed by atoms with Crippen LogP contribution in [0.15, 0.2) is 41.8 Å². The first-order valence-corrected chi connectivity index (χ1v) is 7.46. The number of carbonyl (C=O) groups is 1. The fraction of sp³-hybridized carbons (Fsp3) is 0.308. The van der Waals surface area contributed by atoms with Gasteiger partial charge in [-0.3, -0.25) is 4.79 Å². The van der Waals surface area contributed by atoms with Gasteiger partial charge in [-0.2, -0.15) is 0 Å². The zero-order chi connectivity index (χ0) is 15.2. The number of nitrogens with one attached hydrogen (secondary N) is 2. The summed E-state index contributed by atoms with van der Waals surface area (Å²) in [5, 5.41) is 5.50. The van der Waals surface area contributed by atoms with Crippen LogP contribution in [0.25, 0.3) is 0 Å². The largest absolute Gasteiger partial charge is 0.325 e. The van der Waals surface area contributed by atoms with Gasteiger partial charge in [-0.15, -0.1) is 6.58 Å². The van der Waals surface area contributed by atoms with Gasteiger partial charge < -0.3 is 10.6 Å². The highest BCUT2D eigenvalue weighted by atomic mass is 32.2. The molecule has 20 heavy (non-hydrogen) atoms. The average molecular weight is 297 g/mol. The lowest BCUT2D eigenvalue weighted by Gasteiger charge is -2.12. The third kappa shape index (κ3) is 4.44. The Hall–Kier alpha value is -1.70. The highest BCUT2D eigenvalue weighted by molar-refractivity contribution is 7.89. The molecule has 0 aliphatic rings. The Morgan fingerprint density at radius 1 is 1.40 bits per heavy atom. The standard InChI is InChI=1S/C13H19N3O3S/c1-4-8-14-10-13(17)15-11-6-5-7-12(9-11)20(18,19)16(2)3/h4-7,9,14H,1,8,10H2,2-3H3,(H,15,17). The van der Waals surface area contributed by atoms with Crippen LogP contribution in [0.5, 0.6) is 0 Å². The molecule has 0 fully saturated rings. The Balaban J connectivity index is 2.79. The second kappa shape index (κ2) is 7.18. The molecule has 1 aromatic rings. The molecule has 6 nitrogen and oxygen atoms in total. The van der Waals surface area contributed by atoms with Crippen LogP contribution >= 0.6 is 0 Å². The van der Waals surface area contributed by atoms with Gasteiger partial charge in [0.05, 0.1) is 11.4 Å². The Bertz CT molecular complexity index is 582. The Kier molecular flexibility index (Phi) is 5.87. The molecule has 0 bridgehead atoms. The first-order chi connectivity index (χ1) is 9.37. The van der Waals surface area contributed by atoms with E-state index in [4.69, 9.17) is 0 Å². The zero-order valence-corrected chi connectivity index (χ0v) is 12.4. The molecule has 0 unspecified atom stereocenters. The van der Waals surface area contributed by atoms with Crippen molar-refractivity contribution in [2.24, 2.45) is 0 Å². The van der Waals surface area contributed by atoms with E-state index in [0.29, 0.717) is 12.2 Å². The predicted molar refractivity (Wildman–Crippen MR) is 79.0 cm³/mol. The van der Waals surface area contributed by atoms with Gasteiger partial charge in [0.1, 0.15) is 0 Å². The minimum absolute atomic E-state index is 0.136. The summed E-state index contributed by atoms with van der Waals surface area (Å²) in [6, 6.07) is 6.14.